The maximum Gasteiger partial charge on any atom is 0.308 e. The molecule has 1 amide bonds. The van der Waals surface area contributed by atoms with Gasteiger partial charge in [0.2, 0.25) is 0 Å². The first-order valence-electron chi connectivity index (χ1n) is 8.16. The summed E-state index contributed by atoms with van der Waals surface area (Å²) in [4.78, 5) is 37.9. The van der Waals surface area contributed by atoms with E-state index < -0.39 is 11.9 Å². The molecule has 1 fully saturated rings. The van der Waals surface area contributed by atoms with Crippen molar-refractivity contribution in [3.05, 3.63) is 71.3 Å². The Morgan fingerprint density at radius 2 is 1.52 bits per heavy atom. The molecule has 0 bridgehead atoms. The maximum absolute atomic E-state index is 12.9. The molecule has 1 N–H and O–H groups in total. The number of amides is 1. The van der Waals surface area contributed by atoms with E-state index >= 15 is 0 Å². The topological polar surface area (TPSA) is 74.7 Å². The monoisotopic (exact) mass is 337 g/mol. The van der Waals surface area contributed by atoms with E-state index in [9.17, 15) is 19.5 Å². The molecule has 0 saturated carbocycles. The van der Waals surface area contributed by atoms with Crippen LogP contribution in [0.5, 0.6) is 0 Å². The third-order valence-corrected chi connectivity index (χ3v) is 4.69. The summed E-state index contributed by atoms with van der Waals surface area (Å²) in [6, 6.07) is 16.0. The minimum absolute atomic E-state index is 0.139. The van der Waals surface area contributed by atoms with Gasteiger partial charge >= 0.3 is 5.97 Å². The highest BCUT2D eigenvalue weighted by Crippen LogP contribution is 2.34. The summed E-state index contributed by atoms with van der Waals surface area (Å²) in [5, 5.41) is 9.57. The van der Waals surface area contributed by atoms with Crippen molar-refractivity contribution in [3.63, 3.8) is 0 Å². The number of aliphatic carboxylic acids is 1. The van der Waals surface area contributed by atoms with Crippen LogP contribution in [0.2, 0.25) is 0 Å². The summed E-state index contributed by atoms with van der Waals surface area (Å²) in [5.74, 6) is -2.31. The van der Waals surface area contributed by atoms with Crippen molar-refractivity contribution in [1.29, 1.82) is 0 Å². The summed E-state index contributed by atoms with van der Waals surface area (Å²) in [5.41, 5.74) is 1.60. The second-order valence-corrected chi connectivity index (χ2v) is 6.27. The van der Waals surface area contributed by atoms with Crippen LogP contribution in [0.3, 0.4) is 0 Å². The van der Waals surface area contributed by atoms with E-state index in [4.69, 9.17) is 0 Å². The standard InChI is InChI=1S/C20H19NO4/c1-13(22)15-9-5-6-10-16(15)19(23)21-11-17(18(12-21)20(24)25)14-7-3-2-4-8-14/h2-10,17-18H,11-12H2,1H3,(H,24,25)/t17-,18+/m1/s1. The van der Waals surface area contributed by atoms with Gasteiger partial charge in [0, 0.05) is 24.6 Å². The molecule has 5 heteroatoms. The van der Waals surface area contributed by atoms with Crippen LogP contribution in [0.4, 0.5) is 0 Å². The fraction of sp³-hybridized carbons (Fsp3) is 0.250. The summed E-state index contributed by atoms with van der Waals surface area (Å²) in [6.07, 6.45) is 0. The first kappa shape index (κ1) is 16.9. The van der Waals surface area contributed by atoms with E-state index in [1.165, 1.54) is 11.8 Å². The number of carboxylic acid groups (broad SMARTS) is 1. The molecule has 0 aliphatic carbocycles. The third kappa shape index (κ3) is 3.31. The van der Waals surface area contributed by atoms with Gasteiger partial charge in [0.25, 0.3) is 5.91 Å². The minimum Gasteiger partial charge on any atom is -0.481 e. The van der Waals surface area contributed by atoms with Crippen LogP contribution in [-0.2, 0) is 4.79 Å². The van der Waals surface area contributed by atoms with Crippen LogP contribution in [0.15, 0.2) is 54.6 Å². The molecule has 128 valence electrons. The lowest BCUT2D eigenvalue weighted by Gasteiger charge is -2.18. The summed E-state index contributed by atoms with van der Waals surface area (Å²) < 4.78 is 0. The van der Waals surface area contributed by atoms with Gasteiger partial charge in [-0.25, -0.2) is 0 Å². The Kier molecular flexibility index (Phi) is 4.65. The Labute approximate surface area is 145 Å². The number of hydrogen-bond acceptors (Lipinski definition) is 3. The van der Waals surface area contributed by atoms with Crippen molar-refractivity contribution in [2.75, 3.05) is 13.1 Å². The summed E-state index contributed by atoms with van der Waals surface area (Å²) >= 11 is 0. The second-order valence-electron chi connectivity index (χ2n) is 6.27. The fourth-order valence-electron chi connectivity index (χ4n) is 3.40. The van der Waals surface area contributed by atoms with Crippen LogP contribution >= 0.6 is 0 Å². The molecular weight excluding hydrogens is 318 g/mol. The number of carboxylic acids is 1. The molecule has 25 heavy (non-hydrogen) atoms. The predicted octanol–water partition coefficient (Wildman–Crippen LogP) is 2.83. The molecule has 3 rings (SSSR count). The Bertz CT molecular complexity index is 815. The van der Waals surface area contributed by atoms with E-state index in [1.54, 1.807) is 24.3 Å². The number of Topliss-reactive ketones (excluding diaryl/α,β-unsaturated/α-hetero) is 1. The van der Waals surface area contributed by atoms with Gasteiger partial charge in [0.15, 0.2) is 5.78 Å². The molecular formula is C20H19NO4. The number of carbonyl (C=O) groups excluding carboxylic acids is 2. The number of ketones is 1. The zero-order valence-electron chi connectivity index (χ0n) is 13.9. The molecule has 0 spiro atoms. The average Bonchev–Trinajstić information content (AvgIpc) is 3.07. The number of likely N-dealkylation sites (tertiary alicyclic amines) is 1. The van der Waals surface area contributed by atoms with E-state index in [-0.39, 0.29) is 24.2 Å². The Balaban J connectivity index is 1.91. The highest BCUT2D eigenvalue weighted by Gasteiger charge is 2.41. The molecule has 2 aromatic rings. The number of carbonyl (C=O) groups is 3. The van der Waals surface area contributed by atoms with Gasteiger partial charge in [-0.3, -0.25) is 14.4 Å². The zero-order chi connectivity index (χ0) is 18.0. The van der Waals surface area contributed by atoms with Crippen LogP contribution in [0, 0.1) is 5.92 Å². The van der Waals surface area contributed by atoms with Crippen molar-refractivity contribution >= 4 is 17.7 Å². The zero-order valence-corrected chi connectivity index (χ0v) is 13.9. The van der Waals surface area contributed by atoms with E-state index in [0.717, 1.165) is 5.56 Å². The second kappa shape index (κ2) is 6.89. The van der Waals surface area contributed by atoms with Crippen molar-refractivity contribution in [2.24, 2.45) is 5.92 Å². The van der Waals surface area contributed by atoms with Crippen LogP contribution in [0.25, 0.3) is 0 Å². The SMILES string of the molecule is CC(=O)c1ccccc1C(=O)N1C[C@H](C(=O)O)[C@@H](c2ccccc2)C1. The van der Waals surface area contributed by atoms with Gasteiger partial charge in [-0.1, -0.05) is 48.5 Å². The molecule has 1 aliphatic rings. The first-order valence-corrected chi connectivity index (χ1v) is 8.16. The number of benzene rings is 2. The third-order valence-electron chi connectivity index (χ3n) is 4.69. The maximum atomic E-state index is 12.9. The lowest BCUT2D eigenvalue weighted by Crippen LogP contribution is -2.31. The molecule has 1 saturated heterocycles. The van der Waals surface area contributed by atoms with Crippen molar-refractivity contribution in [2.45, 2.75) is 12.8 Å². The molecule has 1 aliphatic heterocycles. The normalized spacial score (nSPS) is 19.6. The lowest BCUT2D eigenvalue weighted by molar-refractivity contribution is -0.141. The predicted molar refractivity (Wildman–Crippen MR) is 92.7 cm³/mol. The van der Waals surface area contributed by atoms with Crippen molar-refractivity contribution < 1.29 is 19.5 Å². The van der Waals surface area contributed by atoms with Gasteiger partial charge in [-0.15, -0.1) is 0 Å². The quantitative estimate of drug-likeness (QED) is 0.871. The van der Waals surface area contributed by atoms with Gasteiger partial charge in [-0.2, -0.15) is 0 Å². The van der Waals surface area contributed by atoms with Gasteiger partial charge in [-0.05, 0) is 18.6 Å². The van der Waals surface area contributed by atoms with E-state index in [1.807, 2.05) is 30.3 Å². The Hall–Kier alpha value is -2.95. The number of rotatable bonds is 4. The van der Waals surface area contributed by atoms with Crippen LogP contribution < -0.4 is 0 Å². The van der Waals surface area contributed by atoms with E-state index in [0.29, 0.717) is 17.7 Å². The molecule has 0 aromatic heterocycles. The Morgan fingerprint density at radius 3 is 2.12 bits per heavy atom. The smallest absolute Gasteiger partial charge is 0.308 e. The summed E-state index contributed by atoms with van der Waals surface area (Å²) in [7, 11) is 0. The van der Waals surface area contributed by atoms with Gasteiger partial charge in [0.1, 0.15) is 0 Å². The molecule has 1 heterocycles. The van der Waals surface area contributed by atoms with Crippen LogP contribution in [0.1, 0.15) is 39.1 Å². The Morgan fingerprint density at radius 1 is 0.920 bits per heavy atom. The molecule has 0 radical (unpaired) electrons. The van der Waals surface area contributed by atoms with Crippen molar-refractivity contribution in [1.82, 2.24) is 4.90 Å². The molecule has 2 aromatic carbocycles. The van der Waals surface area contributed by atoms with Crippen molar-refractivity contribution in [3.8, 4) is 0 Å². The number of hydrogen-bond donors (Lipinski definition) is 1. The highest BCUT2D eigenvalue weighted by atomic mass is 16.4. The first-order chi connectivity index (χ1) is 12.0. The fourth-order valence-corrected chi connectivity index (χ4v) is 3.40. The minimum atomic E-state index is -0.913. The van der Waals surface area contributed by atoms with Gasteiger partial charge < -0.3 is 10.0 Å². The molecule has 2 atom stereocenters. The lowest BCUT2D eigenvalue weighted by atomic mass is 9.89. The highest BCUT2D eigenvalue weighted by molar-refractivity contribution is 6.07. The van der Waals surface area contributed by atoms with E-state index in [2.05, 4.69) is 0 Å². The molecule has 0 unspecified atom stereocenters. The average molecular weight is 337 g/mol. The van der Waals surface area contributed by atoms with Gasteiger partial charge in [0.05, 0.1) is 11.5 Å². The van der Waals surface area contributed by atoms with Crippen LogP contribution in [-0.4, -0.2) is 40.8 Å². The number of nitrogens with zero attached hydrogens (tertiary/aromatic N) is 1. The molecule has 5 nitrogen and oxygen atoms in total. The summed E-state index contributed by atoms with van der Waals surface area (Å²) in [6.45, 7) is 1.88. The largest absolute Gasteiger partial charge is 0.481 e.